The summed E-state index contributed by atoms with van der Waals surface area (Å²) in [6.07, 6.45) is -3.56. The van der Waals surface area contributed by atoms with Gasteiger partial charge in [0.1, 0.15) is 0 Å². The summed E-state index contributed by atoms with van der Waals surface area (Å²) in [7, 11) is 2.73. The van der Waals surface area contributed by atoms with Gasteiger partial charge in [0.05, 0.1) is 25.3 Å². The van der Waals surface area contributed by atoms with Crippen molar-refractivity contribution >= 4 is 22.7 Å². The van der Waals surface area contributed by atoms with E-state index in [1.807, 2.05) is 0 Å². The molecule has 0 unspecified atom stereocenters. The highest BCUT2D eigenvalue weighted by Crippen LogP contribution is 2.32. The summed E-state index contributed by atoms with van der Waals surface area (Å²) in [5.41, 5.74) is 4.87. The molecule has 5 N–H and O–H groups in total. The molecule has 1 aromatic heterocycles. The lowest BCUT2D eigenvalue weighted by molar-refractivity contribution is -0.0623. The highest BCUT2D eigenvalue weighted by Gasteiger charge is 2.37. The van der Waals surface area contributed by atoms with E-state index in [0.717, 1.165) is 6.42 Å². The molecule has 0 saturated heterocycles. The predicted molar refractivity (Wildman–Crippen MR) is 94.6 cm³/mol. The van der Waals surface area contributed by atoms with Gasteiger partial charge in [0.25, 0.3) is 0 Å². The molecule has 2 aromatic rings. The van der Waals surface area contributed by atoms with Crippen LogP contribution in [0.25, 0.3) is 11.0 Å². The number of anilines is 1. The number of methoxy groups -OCH3 is 2. The van der Waals surface area contributed by atoms with Crippen molar-refractivity contribution in [1.82, 2.24) is 9.55 Å². The molecule has 0 bridgehead atoms. The van der Waals surface area contributed by atoms with E-state index in [4.69, 9.17) is 26.0 Å². The van der Waals surface area contributed by atoms with E-state index in [1.54, 1.807) is 0 Å². The average Bonchev–Trinajstić information content (AvgIpc) is 2.63. The van der Waals surface area contributed by atoms with E-state index in [0.29, 0.717) is 24.1 Å². The van der Waals surface area contributed by atoms with Crippen LogP contribution in [0.3, 0.4) is 0 Å². The SMILES string of the molecule is COc1cc2nc(NCCCCN)c(=N)n(C(=N)C(F)(F)F)c2cc1OC. The van der Waals surface area contributed by atoms with E-state index in [1.165, 1.54) is 26.4 Å². The molecule has 27 heavy (non-hydrogen) atoms. The monoisotopic (exact) mass is 386 g/mol. The molecule has 0 saturated carbocycles. The Kier molecular flexibility index (Phi) is 6.26. The zero-order valence-corrected chi connectivity index (χ0v) is 14.9. The highest BCUT2D eigenvalue weighted by molar-refractivity contribution is 5.95. The number of rotatable bonds is 7. The van der Waals surface area contributed by atoms with Crippen LogP contribution >= 0.6 is 0 Å². The van der Waals surface area contributed by atoms with Crippen LogP contribution in [-0.2, 0) is 0 Å². The van der Waals surface area contributed by atoms with Crippen molar-refractivity contribution in [3.63, 3.8) is 0 Å². The van der Waals surface area contributed by atoms with Gasteiger partial charge in [0, 0.05) is 18.7 Å². The van der Waals surface area contributed by atoms with Crippen LogP contribution in [0.4, 0.5) is 19.0 Å². The molecular weight excluding hydrogens is 365 g/mol. The molecule has 2 rings (SSSR count). The lowest BCUT2D eigenvalue weighted by Gasteiger charge is -2.18. The van der Waals surface area contributed by atoms with E-state index >= 15 is 0 Å². The number of nitrogens with two attached hydrogens (primary N) is 1. The number of halogens is 3. The maximum atomic E-state index is 13.2. The minimum atomic E-state index is -4.95. The van der Waals surface area contributed by atoms with Gasteiger partial charge in [-0.1, -0.05) is 0 Å². The fourth-order valence-electron chi connectivity index (χ4n) is 2.48. The van der Waals surface area contributed by atoms with Crippen LogP contribution in [0.1, 0.15) is 12.8 Å². The van der Waals surface area contributed by atoms with Crippen LogP contribution in [0, 0.1) is 10.8 Å². The van der Waals surface area contributed by atoms with Gasteiger partial charge in [0.15, 0.2) is 22.8 Å². The van der Waals surface area contributed by atoms with Crippen molar-refractivity contribution in [1.29, 1.82) is 10.8 Å². The van der Waals surface area contributed by atoms with Gasteiger partial charge < -0.3 is 20.5 Å². The van der Waals surface area contributed by atoms with Gasteiger partial charge in [-0.05, 0) is 19.4 Å². The molecular formula is C16H21F3N6O2. The zero-order valence-electron chi connectivity index (χ0n) is 14.9. The first-order valence-electron chi connectivity index (χ1n) is 8.08. The second-order valence-electron chi connectivity index (χ2n) is 5.61. The van der Waals surface area contributed by atoms with Gasteiger partial charge in [-0.2, -0.15) is 13.2 Å². The number of hydrogen-bond acceptors (Lipinski definition) is 7. The number of ether oxygens (including phenoxy) is 2. The molecule has 0 aliphatic rings. The first-order chi connectivity index (χ1) is 12.7. The van der Waals surface area contributed by atoms with E-state index < -0.39 is 17.5 Å². The molecule has 0 atom stereocenters. The normalized spacial score (nSPS) is 11.5. The molecule has 1 aromatic carbocycles. The number of nitrogens with one attached hydrogen (secondary N) is 3. The molecule has 1 heterocycles. The van der Waals surface area contributed by atoms with E-state index in [2.05, 4.69) is 10.3 Å². The summed E-state index contributed by atoms with van der Waals surface area (Å²) in [5.74, 6) is -1.33. The fraction of sp³-hybridized carbons (Fsp3) is 0.438. The predicted octanol–water partition coefficient (Wildman–Crippen LogP) is 2.07. The number of nitrogens with zero attached hydrogens (tertiary/aromatic N) is 2. The number of hydrogen-bond donors (Lipinski definition) is 4. The van der Waals surface area contributed by atoms with Crippen molar-refractivity contribution in [2.75, 3.05) is 32.6 Å². The van der Waals surface area contributed by atoms with Gasteiger partial charge in [0.2, 0.25) is 5.84 Å². The minimum Gasteiger partial charge on any atom is -0.493 e. The summed E-state index contributed by atoms with van der Waals surface area (Å²) in [5, 5.41) is 18.5. The molecule has 148 valence electrons. The van der Waals surface area contributed by atoms with Crippen molar-refractivity contribution in [3.8, 4) is 11.5 Å². The highest BCUT2D eigenvalue weighted by atomic mass is 19.4. The molecule has 0 spiro atoms. The number of benzene rings is 1. The number of unbranched alkanes of at least 4 members (excludes halogenated alkanes) is 1. The van der Waals surface area contributed by atoms with Gasteiger partial charge in [-0.25, -0.2) is 4.98 Å². The van der Waals surface area contributed by atoms with Crippen molar-refractivity contribution in [2.45, 2.75) is 19.0 Å². The summed E-state index contributed by atoms with van der Waals surface area (Å²) >= 11 is 0. The molecule has 0 fully saturated rings. The lowest BCUT2D eigenvalue weighted by atomic mass is 10.2. The lowest BCUT2D eigenvalue weighted by Crippen LogP contribution is -2.38. The minimum absolute atomic E-state index is 0.0688. The van der Waals surface area contributed by atoms with Gasteiger partial charge in [-0.15, -0.1) is 0 Å². The first kappa shape index (κ1) is 20.5. The first-order valence-corrected chi connectivity index (χ1v) is 8.08. The summed E-state index contributed by atoms with van der Waals surface area (Å²) in [6, 6.07) is 2.66. The molecule has 0 radical (unpaired) electrons. The van der Waals surface area contributed by atoms with E-state index in [-0.39, 0.29) is 28.4 Å². The fourth-order valence-corrected chi connectivity index (χ4v) is 2.48. The Morgan fingerprint density at radius 3 is 2.41 bits per heavy atom. The number of aromatic nitrogens is 2. The second-order valence-corrected chi connectivity index (χ2v) is 5.61. The zero-order chi connectivity index (χ0) is 20.2. The smallest absolute Gasteiger partial charge is 0.449 e. The molecule has 0 amide bonds. The van der Waals surface area contributed by atoms with Crippen molar-refractivity contribution in [3.05, 3.63) is 17.6 Å². The quantitative estimate of drug-likeness (QED) is 0.330. The Morgan fingerprint density at radius 2 is 1.85 bits per heavy atom. The third-order valence-corrected chi connectivity index (χ3v) is 3.82. The van der Waals surface area contributed by atoms with E-state index in [9.17, 15) is 13.2 Å². The van der Waals surface area contributed by atoms with Crippen LogP contribution < -0.4 is 26.0 Å². The summed E-state index contributed by atoms with van der Waals surface area (Å²) in [4.78, 5) is 4.23. The van der Waals surface area contributed by atoms with Crippen LogP contribution in [0.15, 0.2) is 12.1 Å². The molecule has 0 aliphatic heterocycles. The van der Waals surface area contributed by atoms with Crippen LogP contribution in [0.2, 0.25) is 0 Å². The third kappa shape index (κ3) is 4.30. The maximum absolute atomic E-state index is 13.2. The van der Waals surface area contributed by atoms with Gasteiger partial charge in [-0.3, -0.25) is 15.4 Å². The Labute approximate surface area is 153 Å². The largest absolute Gasteiger partial charge is 0.493 e. The number of fused-ring (bicyclic) bond motifs is 1. The standard InChI is InChI=1S/C16H21F3N6O2/c1-26-11-7-9-10(8-12(11)27-2)25(15(22)16(17,18)19)13(21)14(24-9)23-6-4-3-5-20/h7-8,21-22H,3-6,20H2,1-2H3,(H,23,24). The number of alkyl halides is 3. The average molecular weight is 386 g/mol. The molecule has 8 nitrogen and oxygen atoms in total. The van der Waals surface area contributed by atoms with Crippen molar-refractivity contribution in [2.24, 2.45) is 5.73 Å². The third-order valence-electron chi connectivity index (χ3n) is 3.82. The topological polar surface area (TPSA) is 122 Å². The Morgan fingerprint density at radius 1 is 1.22 bits per heavy atom. The van der Waals surface area contributed by atoms with Crippen molar-refractivity contribution < 1.29 is 22.6 Å². The summed E-state index contributed by atoms with van der Waals surface area (Å²) < 4.78 is 50.4. The van der Waals surface area contributed by atoms with Crippen LogP contribution in [-0.4, -0.2) is 48.9 Å². The maximum Gasteiger partial charge on any atom is 0.449 e. The Balaban J connectivity index is 2.70. The Hall–Kier alpha value is -2.82. The second kappa shape index (κ2) is 8.25. The molecule has 11 heteroatoms. The van der Waals surface area contributed by atoms with Crippen LogP contribution in [0.5, 0.6) is 11.5 Å². The van der Waals surface area contributed by atoms with Gasteiger partial charge >= 0.3 is 6.18 Å². The molecule has 0 aliphatic carbocycles. The Bertz CT molecular complexity index is 894. The summed E-state index contributed by atoms with van der Waals surface area (Å²) in [6.45, 7) is 0.866.